The summed E-state index contributed by atoms with van der Waals surface area (Å²) in [6, 6.07) is 0. The molecule has 1 unspecified atom stereocenters. The summed E-state index contributed by atoms with van der Waals surface area (Å²) in [6.45, 7) is 4.29. The summed E-state index contributed by atoms with van der Waals surface area (Å²) in [7, 11) is 0. The van der Waals surface area contributed by atoms with Crippen molar-refractivity contribution < 1.29 is 19.4 Å². The van der Waals surface area contributed by atoms with Gasteiger partial charge in [0.15, 0.2) is 0 Å². The van der Waals surface area contributed by atoms with Crippen molar-refractivity contribution in [1.29, 1.82) is 0 Å². The first-order chi connectivity index (χ1) is 7.04. The van der Waals surface area contributed by atoms with Gasteiger partial charge in [0, 0.05) is 29.6 Å². The molecule has 0 aromatic carbocycles. The highest BCUT2D eigenvalue weighted by atomic mass is 32.2. The summed E-state index contributed by atoms with van der Waals surface area (Å²) in [5.41, 5.74) is -0.274. The third-order valence-electron chi connectivity index (χ3n) is 4.52. The lowest BCUT2D eigenvalue weighted by Crippen LogP contribution is -2.38. The van der Waals surface area contributed by atoms with E-state index in [-0.39, 0.29) is 10.8 Å². The van der Waals surface area contributed by atoms with Gasteiger partial charge in [0.2, 0.25) is 0 Å². The molecule has 0 N–H and O–H groups in total. The average Bonchev–Trinajstić information content (AvgIpc) is 2.52. The highest BCUT2D eigenvalue weighted by Crippen LogP contribution is 2.64. The fraction of sp³-hybridized carbons (Fsp3) is 0.900. The van der Waals surface area contributed by atoms with Crippen molar-refractivity contribution >= 4 is 17.8 Å². The van der Waals surface area contributed by atoms with Gasteiger partial charge in [-0.25, -0.2) is 0 Å². The summed E-state index contributed by atoms with van der Waals surface area (Å²) in [5, 5.41) is 13.0. The Labute approximate surface area is 93.4 Å². The zero-order chi connectivity index (χ0) is 11.1. The van der Waals surface area contributed by atoms with Crippen LogP contribution in [-0.2, 0) is 14.2 Å². The Balaban J connectivity index is 2.13. The number of fused-ring (bicyclic) bond motifs is 2. The normalized spacial score (nSPS) is 37.5. The van der Waals surface area contributed by atoms with Gasteiger partial charge in [0.05, 0.1) is 0 Å². The van der Waals surface area contributed by atoms with E-state index in [2.05, 4.69) is 23.2 Å². The molecule has 5 heteroatoms. The molecule has 86 valence electrons. The van der Waals surface area contributed by atoms with Crippen LogP contribution >= 0.6 is 12.0 Å². The van der Waals surface area contributed by atoms with Gasteiger partial charge >= 0.3 is 0 Å². The molecule has 15 heavy (non-hydrogen) atoms. The van der Waals surface area contributed by atoms with E-state index in [4.69, 9.17) is 0 Å². The van der Waals surface area contributed by atoms with Crippen molar-refractivity contribution in [2.75, 3.05) is 5.75 Å². The third kappa shape index (κ3) is 1.45. The van der Waals surface area contributed by atoms with E-state index in [1.807, 2.05) is 0 Å². The standard InChI is InChI=1S/C10H16O4S/c1-9(2)7-3-4-10(9,8(11)5-7)6-15-14-13-12/h7,12H,3-6H2,1-2H3/p-1/t7-,10?/m1/s1. The minimum absolute atomic E-state index is 0.0311. The largest absolute Gasteiger partial charge is 0.691 e. The van der Waals surface area contributed by atoms with Crippen LogP contribution in [0.25, 0.3) is 0 Å². The average molecular weight is 231 g/mol. The maximum absolute atomic E-state index is 12.0. The lowest BCUT2D eigenvalue weighted by atomic mass is 9.70. The fourth-order valence-electron chi connectivity index (χ4n) is 3.25. The molecule has 2 saturated carbocycles. The van der Waals surface area contributed by atoms with E-state index in [9.17, 15) is 10.1 Å². The van der Waals surface area contributed by atoms with Crippen molar-refractivity contribution in [2.24, 2.45) is 16.7 Å². The first-order valence-electron chi connectivity index (χ1n) is 5.16. The summed E-state index contributed by atoms with van der Waals surface area (Å²) < 4.78 is 4.29. The highest BCUT2D eigenvalue weighted by Gasteiger charge is 2.63. The molecule has 2 bridgehead atoms. The molecule has 0 heterocycles. The third-order valence-corrected chi connectivity index (χ3v) is 5.28. The number of hydrogen-bond donors (Lipinski definition) is 0. The van der Waals surface area contributed by atoms with Crippen LogP contribution in [0, 0.1) is 16.7 Å². The van der Waals surface area contributed by atoms with Gasteiger partial charge in [-0.2, -0.15) is 4.33 Å². The monoisotopic (exact) mass is 231 g/mol. The zero-order valence-electron chi connectivity index (χ0n) is 8.95. The Kier molecular flexibility index (Phi) is 2.83. The van der Waals surface area contributed by atoms with Gasteiger partial charge in [-0.05, 0) is 24.2 Å². The van der Waals surface area contributed by atoms with E-state index < -0.39 is 0 Å². The molecule has 0 radical (unpaired) electrons. The maximum Gasteiger partial charge on any atom is 0.140 e. The predicted octanol–water partition coefficient (Wildman–Crippen LogP) is 1.25. The minimum atomic E-state index is -0.305. The number of carbonyl (C=O) groups is 1. The van der Waals surface area contributed by atoms with Crippen LogP contribution in [0.1, 0.15) is 33.1 Å². The van der Waals surface area contributed by atoms with E-state index in [0.29, 0.717) is 23.9 Å². The molecule has 0 aliphatic heterocycles. The van der Waals surface area contributed by atoms with Crippen LogP contribution in [0.5, 0.6) is 0 Å². The number of carbonyl (C=O) groups excluding carboxylic acids is 1. The number of rotatable bonds is 4. The van der Waals surface area contributed by atoms with Gasteiger partial charge in [0.1, 0.15) is 5.78 Å². The summed E-state index contributed by atoms with van der Waals surface area (Å²) >= 11 is 0.951. The minimum Gasteiger partial charge on any atom is -0.691 e. The van der Waals surface area contributed by atoms with E-state index in [1.54, 1.807) is 0 Å². The van der Waals surface area contributed by atoms with E-state index in [0.717, 1.165) is 24.9 Å². The molecule has 0 saturated heterocycles. The molecule has 2 fully saturated rings. The predicted molar refractivity (Wildman–Crippen MR) is 53.2 cm³/mol. The Morgan fingerprint density at radius 2 is 2.33 bits per heavy atom. The summed E-state index contributed by atoms with van der Waals surface area (Å²) in [6.07, 6.45) is 2.71. The van der Waals surface area contributed by atoms with Crippen molar-refractivity contribution in [3.8, 4) is 0 Å². The topological polar surface area (TPSA) is 58.6 Å². The van der Waals surface area contributed by atoms with Crippen molar-refractivity contribution in [1.82, 2.24) is 0 Å². The van der Waals surface area contributed by atoms with Crippen molar-refractivity contribution in [3.05, 3.63) is 0 Å². The Morgan fingerprint density at radius 1 is 1.60 bits per heavy atom. The molecule has 0 amide bonds. The molecule has 4 nitrogen and oxygen atoms in total. The van der Waals surface area contributed by atoms with Crippen LogP contribution in [0.4, 0.5) is 0 Å². The first kappa shape index (κ1) is 11.4. The van der Waals surface area contributed by atoms with Gasteiger partial charge in [-0.15, -0.1) is 0 Å². The zero-order valence-corrected chi connectivity index (χ0v) is 9.76. The molecule has 0 spiro atoms. The van der Waals surface area contributed by atoms with Crippen molar-refractivity contribution in [2.45, 2.75) is 33.1 Å². The molecule has 2 rings (SSSR count). The molecule has 2 aliphatic rings. The van der Waals surface area contributed by atoms with Gasteiger partial charge in [-0.3, -0.25) is 9.83 Å². The van der Waals surface area contributed by atoms with Crippen LogP contribution in [0.3, 0.4) is 0 Å². The second kappa shape index (κ2) is 3.73. The maximum atomic E-state index is 12.0. The molecule has 0 aromatic rings. The number of ketones is 1. The molecular weight excluding hydrogens is 216 g/mol. The molecular formula is C10H15O4S-. The Bertz CT molecular complexity index is 279. The lowest BCUT2D eigenvalue weighted by molar-refractivity contribution is -0.777. The Hall–Kier alpha value is -0.100. The second-order valence-electron chi connectivity index (χ2n) is 5.06. The lowest BCUT2D eigenvalue weighted by Gasteiger charge is -2.35. The number of Topliss-reactive ketones (excluding diaryl/α,β-unsaturated/α-hetero) is 1. The van der Waals surface area contributed by atoms with Crippen LogP contribution in [0.15, 0.2) is 0 Å². The molecule has 0 aromatic heterocycles. The van der Waals surface area contributed by atoms with E-state index >= 15 is 0 Å². The van der Waals surface area contributed by atoms with Crippen LogP contribution in [0.2, 0.25) is 0 Å². The van der Waals surface area contributed by atoms with E-state index in [1.165, 1.54) is 0 Å². The SMILES string of the molecule is CC1(C)[C@@H]2CCC1(CSOO[O-])C(=O)C2. The summed E-state index contributed by atoms with van der Waals surface area (Å²) in [4.78, 5) is 12.0. The first-order valence-corrected chi connectivity index (χ1v) is 6.07. The van der Waals surface area contributed by atoms with Crippen molar-refractivity contribution in [3.63, 3.8) is 0 Å². The number of hydrogen-bond acceptors (Lipinski definition) is 5. The van der Waals surface area contributed by atoms with Crippen LogP contribution < -0.4 is 5.26 Å². The molecule has 2 atom stereocenters. The second-order valence-corrected chi connectivity index (χ2v) is 5.73. The van der Waals surface area contributed by atoms with Crippen LogP contribution in [-0.4, -0.2) is 11.5 Å². The van der Waals surface area contributed by atoms with Gasteiger partial charge in [0.25, 0.3) is 0 Å². The Morgan fingerprint density at radius 3 is 2.80 bits per heavy atom. The fourth-order valence-corrected chi connectivity index (χ4v) is 4.22. The molecule has 2 aliphatic carbocycles. The summed E-state index contributed by atoms with van der Waals surface area (Å²) in [5.74, 6) is 1.35. The highest BCUT2D eigenvalue weighted by molar-refractivity contribution is 7.94. The van der Waals surface area contributed by atoms with Gasteiger partial charge in [-0.1, -0.05) is 13.8 Å². The smallest absolute Gasteiger partial charge is 0.140 e. The quantitative estimate of drug-likeness (QED) is 0.315. The van der Waals surface area contributed by atoms with Gasteiger partial charge < -0.3 is 5.26 Å².